The number of para-hydroxylation sites is 1. The minimum Gasteiger partial charge on any atom is -0.744 e. The van der Waals surface area contributed by atoms with Gasteiger partial charge in [0.25, 0.3) is 5.69 Å². The lowest BCUT2D eigenvalue weighted by Gasteiger charge is -2.35. The van der Waals surface area contributed by atoms with Crippen molar-refractivity contribution in [1.82, 2.24) is 4.48 Å². The number of nitro benzene ring substituents is 1. The van der Waals surface area contributed by atoms with Gasteiger partial charge in [-0.1, -0.05) is 6.07 Å². The number of carbonyl (C=O) groups excluding carboxylic acids is 1. The molecule has 0 spiro atoms. The molecule has 0 aromatic heterocycles. The summed E-state index contributed by atoms with van der Waals surface area (Å²) in [6.45, 7) is -0.0762. The highest BCUT2D eigenvalue weighted by atomic mass is 32.2. The van der Waals surface area contributed by atoms with Crippen LogP contribution in [-0.4, -0.2) is 74.7 Å². The van der Waals surface area contributed by atoms with Crippen LogP contribution >= 0.6 is 0 Å². The molecular weight excluding hydrogens is 477 g/mol. The van der Waals surface area contributed by atoms with E-state index in [4.69, 9.17) is 9.47 Å². The van der Waals surface area contributed by atoms with Crippen molar-refractivity contribution < 1.29 is 41.7 Å². The highest BCUT2D eigenvalue weighted by molar-refractivity contribution is 7.86. The van der Waals surface area contributed by atoms with E-state index in [-0.39, 0.29) is 37.7 Å². The number of nitrogens with zero attached hydrogens (tertiary/aromatic N) is 3. The number of benzene rings is 2. The number of aliphatic hydroxyl groups is 1. The van der Waals surface area contributed by atoms with Crippen LogP contribution < -0.4 is 9.38 Å². The molecule has 2 aliphatic rings. The van der Waals surface area contributed by atoms with E-state index >= 15 is 4.39 Å². The summed E-state index contributed by atoms with van der Waals surface area (Å²) in [5.41, 5.74) is -1.31. The molecule has 1 unspecified atom stereocenters. The van der Waals surface area contributed by atoms with Crippen LogP contribution in [-0.2, 0) is 19.6 Å². The molecule has 1 amide bonds. The van der Waals surface area contributed by atoms with Gasteiger partial charge in [-0.15, -0.1) is 0 Å². The Morgan fingerprint density at radius 1 is 1.21 bits per heavy atom. The molecule has 2 aliphatic heterocycles. The molecule has 2 heterocycles. The molecule has 0 aliphatic carbocycles. The minimum absolute atomic E-state index is 0.0675. The minimum atomic E-state index is -5.24. The molecule has 4 rings (SSSR count). The number of morpholine rings is 1. The Hall–Kier alpha value is -3.17. The van der Waals surface area contributed by atoms with E-state index < -0.39 is 67.0 Å². The van der Waals surface area contributed by atoms with Gasteiger partial charge < -0.3 is 24.0 Å². The van der Waals surface area contributed by atoms with Gasteiger partial charge in [0.1, 0.15) is 27.2 Å². The zero-order valence-electron chi connectivity index (χ0n) is 17.6. The largest absolute Gasteiger partial charge is 0.744 e. The Labute approximate surface area is 193 Å². The van der Waals surface area contributed by atoms with E-state index in [0.717, 1.165) is 24.3 Å². The fourth-order valence-electron chi connectivity index (χ4n) is 4.31. The van der Waals surface area contributed by atoms with E-state index in [9.17, 15) is 33.0 Å². The van der Waals surface area contributed by atoms with Crippen LogP contribution in [0.1, 0.15) is 0 Å². The standard InChI is InChI=1S/C20H20FN3O9S/c21-15-2-1-3-16(19(15)22-6-8-32-9-7-22)24(11-14(12-25)33-20(24)26)17-10-13(23(27)28)4-5-18(17)34(29,30)31/h1-5,10,14,25H,6-9,11-12H2/t14?,24-/m1/s1. The van der Waals surface area contributed by atoms with E-state index in [1.54, 1.807) is 4.90 Å². The third-order valence-corrected chi connectivity index (χ3v) is 6.68. The Balaban J connectivity index is 2.09. The second-order valence-electron chi connectivity index (χ2n) is 7.75. The number of quaternary nitrogens is 1. The summed E-state index contributed by atoms with van der Waals surface area (Å²) in [6, 6.07) is 6.15. The maximum atomic E-state index is 15.2. The summed E-state index contributed by atoms with van der Waals surface area (Å²) in [4.78, 5) is 24.7. The van der Waals surface area contributed by atoms with Gasteiger partial charge in [0.15, 0.2) is 23.3 Å². The number of halogens is 1. The highest BCUT2D eigenvalue weighted by Crippen LogP contribution is 2.49. The molecule has 2 saturated heterocycles. The summed E-state index contributed by atoms with van der Waals surface area (Å²) in [5, 5.41) is 21.2. The second kappa shape index (κ2) is 8.88. The average Bonchev–Trinajstić information content (AvgIpc) is 3.15. The van der Waals surface area contributed by atoms with Crippen LogP contribution in [0.4, 0.5) is 31.9 Å². The van der Waals surface area contributed by atoms with Crippen LogP contribution in [0.15, 0.2) is 41.3 Å². The number of hydrogen-bond donors (Lipinski definition) is 1. The number of amides is 1. The molecule has 2 fully saturated rings. The first-order valence-electron chi connectivity index (χ1n) is 10.2. The fraction of sp³-hybridized carbons (Fsp3) is 0.350. The number of carbonyl (C=O) groups is 1. The zero-order chi connectivity index (χ0) is 24.7. The SMILES string of the molecule is O=C1OC(CO)C[N@+]1(c1cc([N+](=O)[O-])ccc1S(=O)(=O)[O-])c1cccc(F)c1N1CCOCC1. The van der Waals surface area contributed by atoms with Gasteiger partial charge in [0.2, 0.25) is 0 Å². The molecule has 14 heteroatoms. The lowest BCUT2D eigenvalue weighted by Crippen LogP contribution is -2.48. The number of hydrogen-bond acceptors (Lipinski definition) is 10. The van der Waals surface area contributed by atoms with Crippen LogP contribution in [0.5, 0.6) is 0 Å². The predicted molar refractivity (Wildman–Crippen MR) is 114 cm³/mol. The van der Waals surface area contributed by atoms with Crippen molar-refractivity contribution in [2.75, 3.05) is 44.4 Å². The third kappa shape index (κ3) is 3.99. The topological polar surface area (TPSA) is 159 Å². The van der Waals surface area contributed by atoms with Crippen molar-refractivity contribution >= 4 is 39.0 Å². The molecule has 2 aromatic carbocycles. The van der Waals surface area contributed by atoms with Crippen molar-refractivity contribution in [1.29, 1.82) is 0 Å². The first kappa shape index (κ1) is 24.0. The first-order chi connectivity index (χ1) is 16.1. The summed E-state index contributed by atoms with van der Waals surface area (Å²) in [7, 11) is -5.24. The molecular formula is C20H20FN3O9S. The van der Waals surface area contributed by atoms with Crippen molar-refractivity contribution in [3.05, 3.63) is 52.3 Å². The first-order valence-corrected chi connectivity index (χ1v) is 11.6. The van der Waals surface area contributed by atoms with Gasteiger partial charge in [0.05, 0.1) is 30.8 Å². The molecule has 2 atom stereocenters. The number of non-ortho nitro benzene ring substituents is 1. The summed E-state index contributed by atoms with van der Waals surface area (Å²) in [5.74, 6) is -0.742. The number of cyclic esters (lactones) is 1. The van der Waals surface area contributed by atoms with Crippen LogP contribution in [0.3, 0.4) is 0 Å². The molecule has 0 radical (unpaired) electrons. The Bertz CT molecular complexity index is 1250. The Kier molecular flexibility index (Phi) is 6.26. The molecule has 34 heavy (non-hydrogen) atoms. The summed E-state index contributed by atoms with van der Waals surface area (Å²) < 4.78 is 61.0. The molecule has 1 N–H and O–H groups in total. The van der Waals surface area contributed by atoms with E-state index in [1.165, 1.54) is 12.1 Å². The highest BCUT2D eigenvalue weighted by Gasteiger charge is 2.56. The fourth-order valence-corrected chi connectivity index (χ4v) is 5.01. The van der Waals surface area contributed by atoms with Gasteiger partial charge in [-0.2, -0.15) is 9.28 Å². The van der Waals surface area contributed by atoms with Crippen LogP contribution in [0, 0.1) is 15.9 Å². The lowest BCUT2D eigenvalue weighted by atomic mass is 10.1. The number of aliphatic hydroxyl groups excluding tert-OH is 1. The molecule has 12 nitrogen and oxygen atoms in total. The average molecular weight is 497 g/mol. The Morgan fingerprint density at radius 3 is 2.50 bits per heavy atom. The monoisotopic (exact) mass is 497 g/mol. The van der Waals surface area contributed by atoms with Gasteiger partial charge in [-0.3, -0.25) is 10.1 Å². The van der Waals surface area contributed by atoms with E-state index in [0.29, 0.717) is 0 Å². The van der Waals surface area contributed by atoms with Gasteiger partial charge in [-0.25, -0.2) is 12.8 Å². The van der Waals surface area contributed by atoms with Crippen LogP contribution in [0.2, 0.25) is 0 Å². The van der Waals surface area contributed by atoms with Crippen molar-refractivity contribution in [2.24, 2.45) is 0 Å². The number of rotatable bonds is 6. The number of nitro groups is 1. The van der Waals surface area contributed by atoms with Gasteiger partial charge >= 0.3 is 6.09 Å². The summed E-state index contributed by atoms with van der Waals surface area (Å²) in [6.07, 6.45) is -2.26. The quantitative estimate of drug-likeness (QED) is 0.269. The van der Waals surface area contributed by atoms with Crippen molar-refractivity contribution in [2.45, 2.75) is 11.0 Å². The lowest BCUT2D eigenvalue weighted by molar-refractivity contribution is -0.384. The van der Waals surface area contributed by atoms with Gasteiger partial charge in [0, 0.05) is 25.2 Å². The van der Waals surface area contributed by atoms with Crippen molar-refractivity contribution in [3.63, 3.8) is 0 Å². The smallest absolute Gasteiger partial charge is 0.527 e. The third-order valence-electron chi connectivity index (χ3n) is 5.80. The molecule has 182 valence electrons. The maximum absolute atomic E-state index is 15.2. The van der Waals surface area contributed by atoms with Gasteiger partial charge in [-0.05, 0) is 12.1 Å². The summed E-state index contributed by atoms with van der Waals surface area (Å²) >= 11 is 0. The number of ether oxygens (including phenoxy) is 2. The van der Waals surface area contributed by atoms with E-state index in [1.807, 2.05) is 0 Å². The maximum Gasteiger partial charge on any atom is 0.527 e. The normalized spacial score (nSPS) is 23.1. The molecule has 0 saturated carbocycles. The van der Waals surface area contributed by atoms with E-state index in [2.05, 4.69) is 0 Å². The van der Waals surface area contributed by atoms with Crippen LogP contribution in [0.25, 0.3) is 0 Å². The number of anilines is 1. The zero-order valence-corrected chi connectivity index (χ0v) is 18.4. The molecule has 0 bridgehead atoms. The second-order valence-corrected chi connectivity index (χ2v) is 9.10. The van der Waals surface area contributed by atoms with Crippen molar-refractivity contribution in [3.8, 4) is 0 Å². The molecule has 2 aromatic rings. The predicted octanol–water partition coefficient (Wildman–Crippen LogP) is 1.62. The Morgan fingerprint density at radius 2 is 1.91 bits per heavy atom.